The smallest absolute Gasteiger partial charge is 0.281 e. The minimum absolute atomic E-state index is 0. The first kappa shape index (κ1) is 13.1. The predicted octanol–water partition coefficient (Wildman–Crippen LogP) is -0.752. The van der Waals surface area contributed by atoms with Gasteiger partial charge in [-0.05, 0) is 6.42 Å². The van der Waals surface area contributed by atoms with Gasteiger partial charge in [0.05, 0.1) is 0 Å². The fourth-order valence-electron chi connectivity index (χ4n) is 1.19. The molecule has 1 aliphatic heterocycles. The quantitative estimate of drug-likeness (QED) is 0.678. The Labute approximate surface area is 85.5 Å². The Morgan fingerprint density at radius 1 is 1.46 bits per heavy atom. The number of nitrogens with zero attached hydrogens (tertiary/aromatic N) is 2. The normalized spacial score (nSPS) is 24.8. The molecule has 1 rings (SSSR count). The molecule has 1 aliphatic rings. The van der Waals surface area contributed by atoms with Gasteiger partial charge in [-0.15, -0.1) is 12.4 Å². The Kier molecular flexibility index (Phi) is 4.61. The molecule has 1 heterocycles. The van der Waals surface area contributed by atoms with Gasteiger partial charge in [-0.3, -0.25) is 0 Å². The van der Waals surface area contributed by atoms with Crippen LogP contribution in [0.2, 0.25) is 0 Å². The van der Waals surface area contributed by atoms with Crippen molar-refractivity contribution in [2.24, 2.45) is 5.73 Å². The van der Waals surface area contributed by atoms with Crippen LogP contribution in [0, 0.1) is 0 Å². The SMILES string of the molecule is CN(C)S(=O)(=O)N1CC[C@H](N)C1.Cl. The van der Waals surface area contributed by atoms with Crippen molar-refractivity contribution < 1.29 is 8.42 Å². The molecule has 5 nitrogen and oxygen atoms in total. The second kappa shape index (κ2) is 4.56. The topological polar surface area (TPSA) is 66.6 Å². The van der Waals surface area contributed by atoms with E-state index in [1.165, 1.54) is 22.7 Å². The van der Waals surface area contributed by atoms with Gasteiger partial charge in [0.1, 0.15) is 0 Å². The van der Waals surface area contributed by atoms with E-state index in [0.717, 1.165) is 6.42 Å². The van der Waals surface area contributed by atoms with Crippen LogP contribution in [-0.2, 0) is 10.2 Å². The summed E-state index contributed by atoms with van der Waals surface area (Å²) in [6.07, 6.45) is 0.757. The van der Waals surface area contributed by atoms with Gasteiger partial charge in [-0.1, -0.05) is 0 Å². The van der Waals surface area contributed by atoms with E-state index in [4.69, 9.17) is 5.73 Å². The number of hydrogen-bond acceptors (Lipinski definition) is 3. The van der Waals surface area contributed by atoms with Crippen LogP contribution in [0.15, 0.2) is 0 Å². The number of hydrogen-bond donors (Lipinski definition) is 1. The zero-order valence-corrected chi connectivity index (χ0v) is 9.44. The van der Waals surface area contributed by atoms with E-state index < -0.39 is 10.2 Å². The van der Waals surface area contributed by atoms with Crippen LogP contribution in [-0.4, -0.2) is 50.3 Å². The second-order valence-corrected chi connectivity index (χ2v) is 5.34. The molecule has 0 aromatic heterocycles. The number of rotatable bonds is 2. The highest BCUT2D eigenvalue weighted by atomic mass is 35.5. The molecule has 1 atom stereocenters. The Bertz CT molecular complexity index is 255. The highest BCUT2D eigenvalue weighted by molar-refractivity contribution is 7.86. The van der Waals surface area contributed by atoms with Gasteiger partial charge in [0.25, 0.3) is 10.2 Å². The lowest BCUT2D eigenvalue weighted by atomic mass is 10.3. The Morgan fingerprint density at radius 2 is 2.00 bits per heavy atom. The largest absolute Gasteiger partial charge is 0.326 e. The predicted molar refractivity (Wildman–Crippen MR) is 54.0 cm³/mol. The molecule has 0 aliphatic carbocycles. The van der Waals surface area contributed by atoms with E-state index in [1.807, 2.05) is 0 Å². The van der Waals surface area contributed by atoms with Crippen molar-refractivity contribution >= 4 is 22.6 Å². The maximum absolute atomic E-state index is 11.5. The van der Waals surface area contributed by atoms with Crippen LogP contribution in [0.3, 0.4) is 0 Å². The molecular weight excluding hydrogens is 214 g/mol. The highest BCUT2D eigenvalue weighted by Crippen LogP contribution is 2.13. The van der Waals surface area contributed by atoms with E-state index in [9.17, 15) is 8.42 Å². The molecule has 0 bridgehead atoms. The van der Waals surface area contributed by atoms with Crippen LogP contribution >= 0.6 is 12.4 Å². The fraction of sp³-hybridized carbons (Fsp3) is 1.00. The highest BCUT2D eigenvalue weighted by Gasteiger charge is 2.30. The average Bonchev–Trinajstić information content (AvgIpc) is 2.35. The molecule has 0 amide bonds. The molecule has 1 fully saturated rings. The van der Waals surface area contributed by atoms with Gasteiger partial charge < -0.3 is 5.73 Å². The number of nitrogens with two attached hydrogens (primary N) is 1. The maximum atomic E-state index is 11.5. The van der Waals surface area contributed by atoms with Crippen LogP contribution in [0.4, 0.5) is 0 Å². The molecule has 1 saturated heterocycles. The summed E-state index contributed by atoms with van der Waals surface area (Å²) in [7, 11) is -0.169. The molecule has 13 heavy (non-hydrogen) atoms. The molecular formula is C6H16ClN3O2S. The molecule has 80 valence electrons. The minimum atomic E-state index is -3.22. The molecule has 0 saturated carbocycles. The third-order valence-electron chi connectivity index (χ3n) is 1.98. The first-order valence-corrected chi connectivity index (χ1v) is 5.27. The van der Waals surface area contributed by atoms with Gasteiger partial charge in [-0.2, -0.15) is 17.0 Å². The molecule has 0 unspecified atom stereocenters. The first-order chi connectivity index (χ1) is 5.44. The van der Waals surface area contributed by atoms with E-state index in [0.29, 0.717) is 13.1 Å². The summed E-state index contributed by atoms with van der Waals surface area (Å²) < 4.78 is 25.6. The van der Waals surface area contributed by atoms with Gasteiger partial charge in [0.2, 0.25) is 0 Å². The van der Waals surface area contributed by atoms with E-state index in [2.05, 4.69) is 0 Å². The Hall–Kier alpha value is 0.120. The maximum Gasteiger partial charge on any atom is 0.281 e. The molecule has 0 spiro atoms. The monoisotopic (exact) mass is 229 g/mol. The van der Waals surface area contributed by atoms with E-state index in [-0.39, 0.29) is 18.4 Å². The summed E-state index contributed by atoms with van der Waals surface area (Å²) in [5, 5.41) is 0. The molecule has 7 heteroatoms. The van der Waals surface area contributed by atoms with Crippen molar-refractivity contribution in [3.05, 3.63) is 0 Å². The standard InChI is InChI=1S/C6H15N3O2S.ClH/c1-8(2)12(10,11)9-4-3-6(7)5-9;/h6H,3-5,7H2,1-2H3;1H/t6-;/m0./s1. The third kappa shape index (κ3) is 2.78. The van der Waals surface area contributed by atoms with Crippen molar-refractivity contribution in [2.75, 3.05) is 27.2 Å². The lowest BCUT2D eigenvalue weighted by Gasteiger charge is -2.20. The summed E-state index contributed by atoms with van der Waals surface area (Å²) >= 11 is 0. The zero-order valence-electron chi connectivity index (χ0n) is 7.80. The van der Waals surface area contributed by atoms with Crippen LogP contribution in [0.5, 0.6) is 0 Å². The molecule has 2 N–H and O–H groups in total. The lowest BCUT2D eigenvalue weighted by Crippen LogP contribution is -2.39. The van der Waals surface area contributed by atoms with Gasteiger partial charge >= 0.3 is 0 Å². The number of halogens is 1. The third-order valence-corrected chi connectivity index (χ3v) is 3.88. The summed E-state index contributed by atoms with van der Waals surface area (Å²) in [5.41, 5.74) is 5.60. The van der Waals surface area contributed by atoms with Crippen LogP contribution in [0.25, 0.3) is 0 Å². The van der Waals surface area contributed by atoms with Crippen molar-refractivity contribution in [1.82, 2.24) is 8.61 Å². The second-order valence-electron chi connectivity index (χ2n) is 3.20. The minimum Gasteiger partial charge on any atom is -0.326 e. The van der Waals surface area contributed by atoms with Crippen molar-refractivity contribution in [3.63, 3.8) is 0 Å². The van der Waals surface area contributed by atoms with Gasteiger partial charge in [0.15, 0.2) is 0 Å². The summed E-state index contributed by atoms with van der Waals surface area (Å²) in [6.45, 7) is 0.988. The van der Waals surface area contributed by atoms with Crippen LogP contribution < -0.4 is 5.73 Å². The Balaban J connectivity index is 0.00000144. The van der Waals surface area contributed by atoms with Gasteiger partial charge in [0, 0.05) is 33.2 Å². The fourth-order valence-corrected chi connectivity index (χ4v) is 2.37. The van der Waals surface area contributed by atoms with E-state index >= 15 is 0 Å². The summed E-state index contributed by atoms with van der Waals surface area (Å²) in [4.78, 5) is 0. The van der Waals surface area contributed by atoms with E-state index in [1.54, 1.807) is 0 Å². The Morgan fingerprint density at radius 3 is 2.31 bits per heavy atom. The molecule has 0 radical (unpaired) electrons. The average molecular weight is 230 g/mol. The zero-order chi connectivity index (χ0) is 9.35. The van der Waals surface area contributed by atoms with Crippen molar-refractivity contribution in [1.29, 1.82) is 0 Å². The molecule has 0 aromatic carbocycles. The molecule has 0 aromatic rings. The summed E-state index contributed by atoms with van der Waals surface area (Å²) in [5.74, 6) is 0. The lowest BCUT2D eigenvalue weighted by molar-refractivity contribution is 0.418. The van der Waals surface area contributed by atoms with Crippen LogP contribution in [0.1, 0.15) is 6.42 Å². The van der Waals surface area contributed by atoms with Gasteiger partial charge in [-0.25, -0.2) is 0 Å². The van der Waals surface area contributed by atoms with Crippen molar-refractivity contribution in [2.45, 2.75) is 12.5 Å². The summed E-state index contributed by atoms with van der Waals surface area (Å²) in [6, 6.07) is -0.000255. The van der Waals surface area contributed by atoms with Crippen molar-refractivity contribution in [3.8, 4) is 0 Å². The first-order valence-electron chi connectivity index (χ1n) is 3.88.